The summed E-state index contributed by atoms with van der Waals surface area (Å²) in [5, 5.41) is 22.9. The van der Waals surface area contributed by atoms with Crippen LogP contribution in [0.25, 0.3) is 0 Å². The lowest BCUT2D eigenvalue weighted by molar-refractivity contribution is -0.123. The number of rotatable bonds is 37. The highest BCUT2D eigenvalue weighted by Gasteiger charge is 2.17. The number of carbonyl (C=O) groups excluding carboxylic acids is 1. The zero-order valence-corrected chi connectivity index (χ0v) is 32.4. The molecule has 284 valence electrons. The number of unbranched alkanes of at least 4 members (excludes halogenated alkanes) is 22. The summed E-state index contributed by atoms with van der Waals surface area (Å²) in [4.78, 5) is 12.3. The number of aliphatic hydroxyl groups is 2. The van der Waals surface area contributed by atoms with E-state index in [2.05, 4.69) is 67.8 Å². The van der Waals surface area contributed by atoms with E-state index in [9.17, 15) is 15.0 Å². The molecular weight excluding hydrogens is 602 g/mol. The molecule has 2 atom stereocenters. The highest BCUT2D eigenvalue weighted by atomic mass is 16.3. The molecule has 3 N–H and O–H groups in total. The molecule has 49 heavy (non-hydrogen) atoms. The summed E-state index contributed by atoms with van der Waals surface area (Å²) in [6.07, 6.45) is 56.1. The quantitative estimate of drug-likeness (QED) is 0.0451. The second kappa shape index (κ2) is 40.5. The maximum absolute atomic E-state index is 12.3. The molecule has 0 aliphatic rings. The molecule has 4 heteroatoms. The lowest BCUT2D eigenvalue weighted by Gasteiger charge is -2.19. The molecule has 0 rings (SSSR count). The topological polar surface area (TPSA) is 69.6 Å². The molecule has 0 aromatic rings. The van der Waals surface area contributed by atoms with Gasteiger partial charge in [0.2, 0.25) is 5.91 Å². The Balaban J connectivity index is 3.69. The molecule has 0 saturated carbocycles. The van der Waals surface area contributed by atoms with Gasteiger partial charge in [0.25, 0.3) is 0 Å². The van der Waals surface area contributed by atoms with Crippen LogP contribution < -0.4 is 5.32 Å². The summed E-state index contributed by atoms with van der Waals surface area (Å²) in [5.41, 5.74) is 0. The minimum atomic E-state index is -0.877. The molecule has 4 nitrogen and oxygen atoms in total. The predicted molar refractivity (Wildman–Crippen MR) is 216 cm³/mol. The number of hydrogen-bond donors (Lipinski definition) is 3. The minimum Gasteiger partial charge on any atom is -0.394 e. The van der Waals surface area contributed by atoms with Crippen molar-refractivity contribution in [3.63, 3.8) is 0 Å². The zero-order chi connectivity index (χ0) is 35.7. The summed E-state index contributed by atoms with van der Waals surface area (Å²) in [7, 11) is 0. The lowest BCUT2D eigenvalue weighted by Crippen LogP contribution is -2.45. The van der Waals surface area contributed by atoms with Gasteiger partial charge in [0, 0.05) is 6.42 Å². The first-order valence-electron chi connectivity index (χ1n) is 21.0. The van der Waals surface area contributed by atoms with Crippen LogP contribution in [0.5, 0.6) is 0 Å². The van der Waals surface area contributed by atoms with Crippen LogP contribution in [0, 0.1) is 0 Å². The monoisotopic (exact) mass is 684 g/mol. The first-order valence-corrected chi connectivity index (χ1v) is 21.0. The van der Waals surface area contributed by atoms with Gasteiger partial charge in [-0.1, -0.05) is 177 Å². The van der Waals surface area contributed by atoms with Gasteiger partial charge in [-0.05, 0) is 77.0 Å². The highest BCUT2D eigenvalue weighted by Crippen LogP contribution is 2.13. The van der Waals surface area contributed by atoms with E-state index in [0.29, 0.717) is 6.42 Å². The van der Waals surface area contributed by atoms with E-state index in [0.717, 1.165) is 57.8 Å². The van der Waals surface area contributed by atoms with Crippen molar-refractivity contribution in [2.24, 2.45) is 0 Å². The van der Waals surface area contributed by atoms with Crippen LogP contribution >= 0.6 is 0 Å². The van der Waals surface area contributed by atoms with Crippen molar-refractivity contribution < 1.29 is 15.0 Å². The molecule has 0 aliphatic carbocycles. The predicted octanol–water partition coefficient (Wildman–Crippen LogP) is 13.0. The van der Waals surface area contributed by atoms with Crippen LogP contribution in [0.2, 0.25) is 0 Å². The summed E-state index contributed by atoms with van der Waals surface area (Å²) in [6, 6.07) is -0.654. The first-order chi connectivity index (χ1) is 24.2. The van der Waals surface area contributed by atoms with Gasteiger partial charge in [0.1, 0.15) is 0 Å². The Bertz CT molecular complexity index is 827. The molecule has 0 fully saturated rings. The van der Waals surface area contributed by atoms with Gasteiger partial charge in [-0.15, -0.1) is 0 Å². The van der Waals surface area contributed by atoms with Gasteiger partial charge in [-0.2, -0.15) is 0 Å². The van der Waals surface area contributed by atoms with Crippen LogP contribution in [-0.4, -0.2) is 34.9 Å². The second-order valence-electron chi connectivity index (χ2n) is 14.0. The van der Waals surface area contributed by atoms with E-state index in [1.807, 2.05) is 6.08 Å². The summed E-state index contributed by atoms with van der Waals surface area (Å²) >= 11 is 0. The van der Waals surface area contributed by atoms with Crippen molar-refractivity contribution >= 4 is 5.91 Å². The average molecular weight is 684 g/mol. The van der Waals surface area contributed by atoms with Gasteiger partial charge < -0.3 is 15.5 Å². The molecule has 0 saturated heterocycles. The molecule has 2 unspecified atom stereocenters. The van der Waals surface area contributed by atoms with Crippen molar-refractivity contribution in [1.29, 1.82) is 0 Å². The van der Waals surface area contributed by atoms with Gasteiger partial charge in [0.05, 0.1) is 18.8 Å². The fourth-order valence-electron chi connectivity index (χ4n) is 5.94. The molecule has 0 aromatic carbocycles. The van der Waals surface area contributed by atoms with Crippen molar-refractivity contribution in [2.75, 3.05) is 6.61 Å². The smallest absolute Gasteiger partial charge is 0.220 e. The molecule has 0 aliphatic heterocycles. The Morgan fingerprint density at radius 2 is 0.857 bits per heavy atom. The van der Waals surface area contributed by atoms with Crippen molar-refractivity contribution in [3.05, 3.63) is 60.8 Å². The van der Waals surface area contributed by atoms with Crippen molar-refractivity contribution in [1.82, 2.24) is 5.32 Å². The SMILES string of the molecule is CCCCC/C=C\C/C=C\CCCCCCCC(=O)NC(CO)C(O)/C=C/CC/C=C/CC/C=C/CCCCCCCCCCCCCC. The third kappa shape index (κ3) is 37.2. The standard InChI is InChI=1S/C45H81NO3/c1-3-5-7-9-11-13-15-17-19-20-21-22-23-24-25-27-28-30-32-34-36-38-40-44(48)43(42-47)46-45(49)41-39-37-35-33-31-29-26-18-16-14-12-10-8-6-4-2/h12,14,18,24-26,30,32,38,40,43-44,47-48H,3-11,13,15-17,19-23,27-29,31,33-37,39,41-42H2,1-2H3,(H,46,49)/b14-12-,25-24+,26-18-,32-30+,40-38+. The number of aliphatic hydroxyl groups excluding tert-OH is 2. The average Bonchev–Trinajstić information content (AvgIpc) is 3.10. The number of nitrogens with one attached hydrogen (secondary N) is 1. The van der Waals surface area contributed by atoms with E-state index in [-0.39, 0.29) is 12.5 Å². The Hall–Kier alpha value is -1.91. The molecule has 0 bridgehead atoms. The van der Waals surface area contributed by atoms with E-state index >= 15 is 0 Å². The largest absolute Gasteiger partial charge is 0.394 e. The van der Waals surface area contributed by atoms with E-state index in [1.54, 1.807) is 6.08 Å². The Morgan fingerprint density at radius 3 is 1.35 bits per heavy atom. The Kier molecular flexibility index (Phi) is 38.9. The molecule has 0 aromatic heterocycles. The van der Waals surface area contributed by atoms with E-state index < -0.39 is 12.1 Å². The fraction of sp³-hybridized carbons (Fsp3) is 0.756. The van der Waals surface area contributed by atoms with Crippen LogP contribution in [-0.2, 0) is 4.79 Å². The maximum Gasteiger partial charge on any atom is 0.220 e. The van der Waals surface area contributed by atoms with Gasteiger partial charge in [-0.3, -0.25) is 4.79 Å². The van der Waals surface area contributed by atoms with Crippen molar-refractivity contribution in [2.45, 2.75) is 212 Å². The zero-order valence-electron chi connectivity index (χ0n) is 32.4. The number of hydrogen-bond acceptors (Lipinski definition) is 3. The van der Waals surface area contributed by atoms with Crippen LogP contribution in [0.15, 0.2) is 60.8 Å². The Labute approximate surface area is 305 Å². The third-order valence-corrected chi connectivity index (χ3v) is 9.20. The molecule has 0 radical (unpaired) electrons. The third-order valence-electron chi connectivity index (χ3n) is 9.20. The van der Waals surface area contributed by atoms with Gasteiger partial charge in [0.15, 0.2) is 0 Å². The van der Waals surface area contributed by atoms with Crippen LogP contribution in [0.3, 0.4) is 0 Å². The minimum absolute atomic E-state index is 0.0942. The van der Waals surface area contributed by atoms with Crippen LogP contribution in [0.4, 0.5) is 0 Å². The van der Waals surface area contributed by atoms with E-state index in [4.69, 9.17) is 0 Å². The molecule has 1 amide bonds. The number of allylic oxidation sites excluding steroid dienone is 9. The maximum atomic E-state index is 12.3. The normalized spacial score (nSPS) is 13.6. The van der Waals surface area contributed by atoms with Crippen molar-refractivity contribution in [3.8, 4) is 0 Å². The molecule has 0 heterocycles. The first kappa shape index (κ1) is 47.1. The number of amides is 1. The highest BCUT2D eigenvalue weighted by molar-refractivity contribution is 5.76. The summed E-state index contributed by atoms with van der Waals surface area (Å²) in [6.45, 7) is 4.25. The van der Waals surface area contributed by atoms with Gasteiger partial charge >= 0.3 is 0 Å². The lowest BCUT2D eigenvalue weighted by atomic mass is 10.0. The molecular formula is C45H81NO3. The Morgan fingerprint density at radius 1 is 0.490 bits per heavy atom. The second-order valence-corrected chi connectivity index (χ2v) is 14.0. The number of carbonyl (C=O) groups is 1. The molecule has 0 spiro atoms. The fourth-order valence-corrected chi connectivity index (χ4v) is 5.94. The van der Waals surface area contributed by atoms with E-state index in [1.165, 1.54) is 122 Å². The summed E-state index contributed by atoms with van der Waals surface area (Å²) in [5.74, 6) is -0.0942. The summed E-state index contributed by atoms with van der Waals surface area (Å²) < 4.78 is 0. The van der Waals surface area contributed by atoms with Crippen LogP contribution in [0.1, 0.15) is 200 Å². The van der Waals surface area contributed by atoms with Gasteiger partial charge in [-0.25, -0.2) is 0 Å².